The molecule has 1 atom stereocenters. The molecule has 0 fully saturated rings. The highest BCUT2D eigenvalue weighted by Gasteiger charge is 2.10. The average molecular weight is 283 g/mol. The van der Waals surface area contributed by atoms with Crippen molar-refractivity contribution in [2.45, 2.75) is 13.8 Å². The Morgan fingerprint density at radius 1 is 1.32 bits per heavy atom. The average Bonchev–Trinajstić information content (AvgIpc) is 2.37. The van der Waals surface area contributed by atoms with Crippen LogP contribution in [0.25, 0.3) is 0 Å². The van der Waals surface area contributed by atoms with E-state index in [1.807, 2.05) is 13.0 Å². The molecule has 0 aliphatic heterocycles. The van der Waals surface area contributed by atoms with E-state index in [4.69, 9.17) is 0 Å². The summed E-state index contributed by atoms with van der Waals surface area (Å²) >= 11 is 1.80. The van der Waals surface area contributed by atoms with Crippen LogP contribution in [0.3, 0.4) is 0 Å². The first-order chi connectivity index (χ1) is 9.06. The summed E-state index contributed by atoms with van der Waals surface area (Å²) in [5.41, 5.74) is 1.67. The van der Waals surface area contributed by atoms with Crippen LogP contribution in [-0.4, -0.2) is 30.0 Å². The SMILES string of the molecule is CCNc1cc(NCC(C)CSC)cc([N+](=O)[O-])c1. The van der Waals surface area contributed by atoms with E-state index in [2.05, 4.69) is 23.8 Å². The fourth-order valence-electron chi connectivity index (χ4n) is 1.76. The molecule has 19 heavy (non-hydrogen) atoms. The summed E-state index contributed by atoms with van der Waals surface area (Å²) in [6.07, 6.45) is 2.08. The van der Waals surface area contributed by atoms with Gasteiger partial charge in [0.1, 0.15) is 0 Å². The molecule has 0 saturated carbocycles. The smallest absolute Gasteiger partial charge is 0.273 e. The zero-order valence-corrected chi connectivity index (χ0v) is 12.4. The molecule has 0 aromatic heterocycles. The van der Waals surface area contributed by atoms with E-state index in [1.165, 1.54) is 0 Å². The van der Waals surface area contributed by atoms with E-state index in [1.54, 1.807) is 23.9 Å². The molecule has 0 bridgehead atoms. The number of nitro groups is 1. The Morgan fingerprint density at radius 2 is 1.95 bits per heavy atom. The van der Waals surface area contributed by atoms with Crippen molar-refractivity contribution in [2.24, 2.45) is 5.92 Å². The first-order valence-electron chi connectivity index (χ1n) is 6.33. The molecule has 0 radical (unpaired) electrons. The highest BCUT2D eigenvalue weighted by molar-refractivity contribution is 7.98. The number of thioether (sulfide) groups is 1. The molecular formula is C13H21N3O2S. The van der Waals surface area contributed by atoms with Crippen LogP contribution in [0.1, 0.15) is 13.8 Å². The van der Waals surface area contributed by atoms with Crippen LogP contribution in [0.5, 0.6) is 0 Å². The third kappa shape index (κ3) is 5.38. The van der Waals surface area contributed by atoms with Crippen LogP contribution in [-0.2, 0) is 0 Å². The lowest BCUT2D eigenvalue weighted by Gasteiger charge is -2.13. The molecule has 1 aromatic rings. The summed E-state index contributed by atoms with van der Waals surface area (Å²) in [4.78, 5) is 10.5. The van der Waals surface area contributed by atoms with E-state index in [-0.39, 0.29) is 10.6 Å². The Bertz CT molecular complexity index is 426. The Labute approximate surface area is 118 Å². The van der Waals surface area contributed by atoms with Gasteiger partial charge < -0.3 is 10.6 Å². The fraction of sp³-hybridized carbons (Fsp3) is 0.538. The normalized spacial score (nSPS) is 11.9. The maximum Gasteiger partial charge on any atom is 0.273 e. The van der Waals surface area contributed by atoms with E-state index in [9.17, 15) is 10.1 Å². The third-order valence-electron chi connectivity index (χ3n) is 2.62. The second-order valence-corrected chi connectivity index (χ2v) is 5.41. The van der Waals surface area contributed by atoms with Crippen molar-refractivity contribution >= 4 is 28.8 Å². The van der Waals surface area contributed by atoms with Crippen molar-refractivity contribution in [2.75, 3.05) is 35.7 Å². The fourth-order valence-corrected chi connectivity index (χ4v) is 2.45. The van der Waals surface area contributed by atoms with Gasteiger partial charge in [0.25, 0.3) is 5.69 Å². The van der Waals surface area contributed by atoms with Crippen molar-refractivity contribution in [3.8, 4) is 0 Å². The third-order valence-corrected chi connectivity index (χ3v) is 3.52. The first kappa shape index (κ1) is 15.6. The van der Waals surface area contributed by atoms with Gasteiger partial charge in [-0.3, -0.25) is 10.1 Å². The molecule has 5 nitrogen and oxygen atoms in total. The van der Waals surface area contributed by atoms with Crippen molar-refractivity contribution in [1.29, 1.82) is 0 Å². The summed E-state index contributed by atoms with van der Waals surface area (Å²) in [7, 11) is 0. The number of nitrogens with zero attached hydrogens (tertiary/aromatic N) is 1. The van der Waals surface area contributed by atoms with E-state index in [0.29, 0.717) is 5.92 Å². The number of nitro benzene ring substituents is 1. The number of hydrogen-bond donors (Lipinski definition) is 2. The minimum absolute atomic E-state index is 0.110. The van der Waals surface area contributed by atoms with Gasteiger partial charge in [-0.15, -0.1) is 0 Å². The van der Waals surface area contributed by atoms with E-state index in [0.717, 1.165) is 30.2 Å². The number of non-ortho nitro benzene ring substituents is 1. The van der Waals surface area contributed by atoms with E-state index < -0.39 is 0 Å². The summed E-state index contributed by atoms with van der Waals surface area (Å²) in [5, 5.41) is 17.3. The van der Waals surface area contributed by atoms with Crippen molar-refractivity contribution in [3.05, 3.63) is 28.3 Å². The molecule has 0 heterocycles. The number of nitrogens with one attached hydrogen (secondary N) is 2. The first-order valence-corrected chi connectivity index (χ1v) is 7.72. The predicted octanol–water partition coefficient (Wildman–Crippen LogP) is 3.44. The summed E-state index contributed by atoms with van der Waals surface area (Å²) in [6, 6.07) is 5.04. The topological polar surface area (TPSA) is 67.2 Å². The lowest BCUT2D eigenvalue weighted by Crippen LogP contribution is -2.13. The van der Waals surface area contributed by atoms with Gasteiger partial charge in [0.2, 0.25) is 0 Å². The standard InChI is InChI=1S/C13H21N3O2S/c1-4-14-11-5-12(7-13(6-11)16(17)18)15-8-10(2)9-19-3/h5-7,10,14-15H,4,8-9H2,1-3H3. The van der Waals surface area contributed by atoms with Crippen LogP contribution in [0.2, 0.25) is 0 Å². The molecule has 0 amide bonds. The lowest BCUT2D eigenvalue weighted by molar-refractivity contribution is -0.384. The summed E-state index contributed by atoms with van der Waals surface area (Å²) < 4.78 is 0. The molecule has 106 valence electrons. The van der Waals surface area contributed by atoms with Gasteiger partial charge in [0, 0.05) is 36.6 Å². The van der Waals surface area contributed by atoms with Crippen molar-refractivity contribution in [3.63, 3.8) is 0 Å². The second kappa shape index (κ2) is 7.89. The molecule has 6 heteroatoms. The number of anilines is 2. The lowest BCUT2D eigenvalue weighted by atomic mass is 10.2. The van der Waals surface area contributed by atoms with Crippen molar-refractivity contribution in [1.82, 2.24) is 0 Å². The second-order valence-electron chi connectivity index (χ2n) is 4.50. The zero-order valence-electron chi connectivity index (χ0n) is 11.6. The quantitative estimate of drug-likeness (QED) is 0.565. The Balaban J connectivity index is 2.78. The summed E-state index contributed by atoms with van der Waals surface area (Å²) in [5.74, 6) is 1.60. The number of rotatable bonds is 8. The minimum atomic E-state index is -0.364. The van der Waals surface area contributed by atoms with Crippen molar-refractivity contribution < 1.29 is 4.92 Å². The van der Waals surface area contributed by atoms with Crippen LogP contribution in [0, 0.1) is 16.0 Å². The molecule has 1 rings (SSSR count). The number of benzene rings is 1. The summed E-state index contributed by atoms with van der Waals surface area (Å²) in [6.45, 7) is 5.68. The molecule has 0 aliphatic carbocycles. The zero-order chi connectivity index (χ0) is 14.3. The molecule has 0 spiro atoms. The van der Waals surface area contributed by atoms with E-state index >= 15 is 0 Å². The highest BCUT2D eigenvalue weighted by Crippen LogP contribution is 2.24. The molecule has 0 saturated heterocycles. The molecule has 1 aromatic carbocycles. The van der Waals surface area contributed by atoms with Gasteiger partial charge in [-0.05, 0) is 30.9 Å². The van der Waals surface area contributed by atoms with Crippen LogP contribution < -0.4 is 10.6 Å². The van der Waals surface area contributed by atoms with Gasteiger partial charge in [-0.2, -0.15) is 11.8 Å². The molecular weight excluding hydrogens is 262 g/mol. The maximum absolute atomic E-state index is 10.9. The Hall–Kier alpha value is -1.43. The Kier molecular flexibility index (Phi) is 6.49. The highest BCUT2D eigenvalue weighted by atomic mass is 32.2. The maximum atomic E-state index is 10.9. The van der Waals surface area contributed by atoms with Crippen LogP contribution in [0.15, 0.2) is 18.2 Å². The minimum Gasteiger partial charge on any atom is -0.385 e. The number of hydrogen-bond acceptors (Lipinski definition) is 5. The van der Waals surface area contributed by atoms with Gasteiger partial charge in [-0.25, -0.2) is 0 Å². The Morgan fingerprint density at radius 3 is 2.47 bits per heavy atom. The monoisotopic (exact) mass is 283 g/mol. The largest absolute Gasteiger partial charge is 0.385 e. The van der Waals surface area contributed by atoms with Gasteiger partial charge in [0.05, 0.1) is 4.92 Å². The van der Waals surface area contributed by atoms with Crippen LogP contribution >= 0.6 is 11.8 Å². The van der Waals surface area contributed by atoms with Crippen LogP contribution in [0.4, 0.5) is 17.1 Å². The van der Waals surface area contributed by atoms with Gasteiger partial charge in [0.15, 0.2) is 0 Å². The van der Waals surface area contributed by atoms with Gasteiger partial charge in [-0.1, -0.05) is 6.92 Å². The molecule has 0 aliphatic rings. The predicted molar refractivity (Wildman–Crippen MR) is 83.3 cm³/mol. The van der Waals surface area contributed by atoms with Gasteiger partial charge >= 0.3 is 0 Å². The molecule has 1 unspecified atom stereocenters. The molecule has 2 N–H and O–H groups in total.